The Labute approximate surface area is 310 Å². The first-order chi connectivity index (χ1) is 25.0. The van der Waals surface area contributed by atoms with Crippen LogP contribution in [0.15, 0.2) is 36.5 Å². The standard InChI is InChI=1S/C41H51N5O5S/c1-24-8-6-7-9-26-13-17-50-33-11-10-27(20-30(26)33)35-34(36(39(47)48)51-41(3,4)5)25(2)19-32-37(35)52-38(43-32)31-12-14-42-40(44-31)46-16-15-45(21-28(46)18-24)29-22-49-23-29/h10-12,14,19-20,24,26,28-29,36H,6-9,13,15-18,21-23H2,1-5H3,(H,47,48)/t24?,26?,28?,36-/m0/s1. The van der Waals surface area contributed by atoms with Crippen LogP contribution in [0.25, 0.3) is 32.0 Å². The maximum absolute atomic E-state index is 13.0. The van der Waals surface area contributed by atoms with Gasteiger partial charge in [0.25, 0.3) is 0 Å². The van der Waals surface area contributed by atoms with Gasteiger partial charge in [-0.2, -0.15) is 0 Å². The van der Waals surface area contributed by atoms with Crippen LogP contribution in [0.4, 0.5) is 5.95 Å². The number of carboxylic acid groups (broad SMARTS) is 1. The van der Waals surface area contributed by atoms with Crippen molar-refractivity contribution < 1.29 is 24.1 Å². The van der Waals surface area contributed by atoms with E-state index in [0.29, 0.717) is 36.1 Å². The van der Waals surface area contributed by atoms with Crippen LogP contribution in [0.3, 0.4) is 0 Å². The van der Waals surface area contributed by atoms with E-state index in [1.165, 1.54) is 18.4 Å². The maximum Gasteiger partial charge on any atom is 0.337 e. The van der Waals surface area contributed by atoms with Gasteiger partial charge in [0.15, 0.2) is 6.10 Å². The van der Waals surface area contributed by atoms with Crippen molar-refractivity contribution >= 4 is 33.5 Å². The molecule has 0 amide bonds. The van der Waals surface area contributed by atoms with Gasteiger partial charge in [0, 0.05) is 43.0 Å². The molecule has 4 aliphatic heterocycles. The number of piperazine rings is 1. The fraction of sp³-hybridized carbons (Fsp3) is 0.561. The predicted molar refractivity (Wildman–Crippen MR) is 204 cm³/mol. The van der Waals surface area contributed by atoms with Crippen molar-refractivity contribution in [2.24, 2.45) is 5.92 Å². The lowest BCUT2D eigenvalue weighted by Gasteiger charge is -2.47. The summed E-state index contributed by atoms with van der Waals surface area (Å²) in [5.74, 6) is 1.63. The van der Waals surface area contributed by atoms with E-state index in [4.69, 9.17) is 29.2 Å². The molecule has 276 valence electrons. The number of ether oxygens (including phenoxy) is 3. The number of carbonyl (C=O) groups is 1. The highest BCUT2D eigenvalue weighted by atomic mass is 32.1. The number of nitrogens with zero attached hydrogens (tertiary/aromatic N) is 5. The van der Waals surface area contributed by atoms with Crippen LogP contribution in [-0.4, -0.2) is 88.1 Å². The predicted octanol–water partition coefficient (Wildman–Crippen LogP) is 8.03. The van der Waals surface area contributed by atoms with Gasteiger partial charge in [0.1, 0.15) is 16.5 Å². The molecule has 4 aliphatic rings. The van der Waals surface area contributed by atoms with E-state index in [1.807, 2.05) is 46.0 Å². The summed E-state index contributed by atoms with van der Waals surface area (Å²) in [6.07, 6.45) is 7.39. The van der Waals surface area contributed by atoms with Crippen molar-refractivity contribution in [2.75, 3.05) is 44.4 Å². The molecule has 0 saturated carbocycles. The topological polar surface area (TPSA) is 110 Å². The van der Waals surface area contributed by atoms with E-state index >= 15 is 0 Å². The maximum atomic E-state index is 13.0. The van der Waals surface area contributed by atoms with Gasteiger partial charge in [0.2, 0.25) is 5.95 Å². The minimum absolute atomic E-state index is 0.309. The van der Waals surface area contributed by atoms with Crippen LogP contribution in [0.5, 0.6) is 5.75 Å². The average molecular weight is 726 g/mol. The number of fused-ring (bicyclic) bond motifs is 8. The molecule has 0 aliphatic carbocycles. The first-order valence-electron chi connectivity index (χ1n) is 19.1. The molecule has 2 saturated heterocycles. The lowest BCUT2D eigenvalue weighted by atomic mass is 9.84. The average Bonchev–Trinajstić information content (AvgIpc) is 3.51. The largest absolute Gasteiger partial charge is 0.493 e. The molecular formula is C41H51N5O5S. The zero-order valence-electron chi connectivity index (χ0n) is 31.1. The second-order valence-corrected chi connectivity index (χ2v) is 17.3. The summed E-state index contributed by atoms with van der Waals surface area (Å²) < 4.78 is 19.0. The minimum Gasteiger partial charge on any atom is -0.493 e. The third kappa shape index (κ3) is 7.05. The van der Waals surface area contributed by atoms with Gasteiger partial charge in [-0.3, -0.25) is 4.90 Å². The van der Waals surface area contributed by atoms with Crippen molar-refractivity contribution in [1.82, 2.24) is 19.9 Å². The molecule has 10 nitrogen and oxygen atoms in total. The molecule has 4 aromatic rings. The number of carboxylic acids is 1. The van der Waals surface area contributed by atoms with Crippen LogP contribution < -0.4 is 9.64 Å². The molecule has 0 radical (unpaired) electrons. The number of hydrogen-bond donors (Lipinski definition) is 1. The SMILES string of the molecule is Cc1cc2nc3sc2c(c1[C@H](OC(C)(C)C)C(=O)O)-c1ccc2c(c1)C(CCCCC(C)CC1CN(C4COC4)CCN1c1nccc-3n1)CCO2. The molecule has 8 rings (SSSR count). The van der Waals surface area contributed by atoms with Crippen LogP contribution in [0.2, 0.25) is 0 Å². The summed E-state index contributed by atoms with van der Waals surface area (Å²) in [5.41, 5.74) is 5.45. The second kappa shape index (κ2) is 14.3. The fourth-order valence-corrected chi connectivity index (χ4v) is 9.73. The summed E-state index contributed by atoms with van der Waals surface area (Å²) in [6.45, 7) is 15.3. The molecule has 1 N–H and O–H groups in total. The van der Waals surface area contributed by atoms with Gasteiger partial charge in [-0.15, -0.1) is 11.3 Å². The zero-order chi connectivity index (χ0) is 36.1. The van der Waals surface area contributed by atoms with Crippen LogP contribution in [0, 0.1) is 12.8 Å². The number of aryl methyl sites for hydroxylation is 1. The lowest BCUT2D eigenvalue weighted by molar-refractivity contribution is -0.160. The highest BCUT2D eigenvalue weighted by Gasteiger charge is 2.37. The first kappa shape index (κ1) is 35.4. The normalized spacial score (nSPS) is 23.6. The molecule has 2 aromatic carbocycles. The van der Waals surface area contributed by atoms with E-state index < -0.39 is 17.7 Å². The van der Waals surface area contributed by atoms with Crippen molar-refractivity contribution in [3.05, 3.63) is 53.2 Å². The van der Waals surface area contributed by atoms with E-state index in [2.05, 4.69) is 34.9 Å². The molecule has 52 heavy (non-hydrogen) atoms. The van der Waals surface area contributed by atoms with Crippen molar-refractivity contribution in [1.29, 1.82) is 0 Å². The second-order valence-electron chi connectivity index (χ2n) is 16.3. The Morgan fingerprint density at radius 3 is 2.65 bits per heavy atom. The summed E-state index contributed by atoms with van der Waals surface area (Å²) in [6, 6.07) is 11.2. The monoisotopic (exact) mass is 725 g/mol. The zero-order valence-corrected chi connectivity index (χ0v) is 31.9. The van der Waals surface area contributed by atoms with Crippen LogP contribution >= 0.6 is 11.3 Å². The number of aliphatic carboxylic acids is 1. The summed E-state index contributed by atoms with van der Waals surface area (Å²) >= 11 is 1.56. The smallest absolute Gasteiger partial charge is 0.337 e. The number of benzene rings is 2. The molecule has 0 spiro atoms. The van der Waals surface area contributed by atoms with Gasteiger partial charge in [-0.25, -0.2) is 19.7 Å². The Hall–Kier alpha value is -3.64. The van der Waals surface area contributed by atoms with E-state index in [1.54, 1.807) is 11.3 Å². The van der Waals surface area contributed by atoms with E-state index in [0.717, 1.165) is 108 Å². The number of hydrogen-bond acceptors (Lipinski definition) is 10. The quantitative estimate of drug-likeness (QED) is 0.222. The number of aromatic nitrogens is 3. The Bertz CT molecular complexity index is 1950. The summed E-state index contributed by atoms with van der Waals surface area (Å²) in [7, 11) is 0. The van der Waals surface area contributed by atoms with Gasteiger partial charge in [-0.1, -0.05) is 32.3 Å². The minimum atomic E-state index is -1.16. The highest BCUT2D eigenvalue weighted by molar-refractivity contribution is 7.22. The summed E-state index contributed by atoms with van der Waals surface area (Å²) in [4.78, 5) is 33.3. The van der Waals surface area contributed by atoms with Crippen LogP contribution in [-0.2, 0) is 14.3 Å². The van der Waals surface area contributed by atoms with Crippen molar-refractivity contribution in [3.8, 4) is 27.6 Å². The highest BCUT2D eigenvalue weighted by Crippen LogP contribution is 2.47. The van der Waals surface area contributed by atoms with Gasteiger partial charge < -0.3 is 24.2 Å². The molecule has 6 bridgehead atoms. The van der Waals surface area contributed by atoms with E-state index in [9.17, 15) is 9.90 Å². The lowest BCUT2D eigenvalue weighted by Crippen LogP contribution is -2.61. The molecule has 11 heteroatoms. The fourth-order valence-electron chi connectivity index (χ4n) is 8.63. The van der Waals surface area contributed by atoms with Crippen LogP contribution in [0.1, 0.15) is 94.9 Å². The van der Waals surface area contributed by atoms with Crippen molar-refractivity contribution in [3.63, 3.8) is 0 Å². The Morgan fingerprint density at radius 1 is 1.06 bits per heavy atom. The number of rotatable bonds is 4. The Morgan fingerprint density at radius 2 is 1.88 bits per heavy atom. The third-order valence-corrected chi connectivity index (χ3v) is 12.4. The van der Waals surface area contributed by atoms with Gasteiger partial charge >= 0.3 is 5.97 Å². The molecular weight excluding hydrogens is 675 g/mol. The molecule has 4 atom stereocenters. The number of anilines is 1. The molecule has 2 aromatic heterocycles. The van der Waals surface area contributed by atoms with E-state index in [-0.39, 0.29) is 0 Å². The molecule has 6 heterocycles. The molecule has 2 fully saturated rings. The Kier molecular flexibility index (Phi) is 9.74. The van der Waals surface area contributed by atoms with Gasteiger partial charge in [-0.05, 0) is 99.7 Å². The molecule has 3 unspecified atom stereocenters. The Balaban J connectivity index is 1.29. The first-order valence-corrected chi connectivity index (χ1v) is 19.9. The van der Waals surface area contributed by atoms with Crippen molar-refractivity contribution in [2.45, 2.75) is 103 Å². The van der Waals surface area contributed by atoms with Gasteiger partial charge in [0.05, 0.1) is 41.7 Å². The number of thiazole rings is 1. The summed E-state index contributed by atoms with van der Waals surface area (Å²) in [5, 5.41) is 11.5. The third-order valence-electron chi connectivity index (χ3n) is 11.3.